The van der Waals surface area contributed by atoms with E-state index in [4.69, 9.17) is 4.74 Å². The van der Waals surface area contributed by atoms with Gasteiger partial charge in [0.25, 0.3) is 15.7 Å². The average Bonchev–Trinajstić information content (AvgIpc) is 2.65. The highest BCUT2D eigenvalue weighted by molar-refractivity contribution is 7.92. The molecule has 1 saturated heterocycles. The first-order valence-corrected chi connectivity index (χ1v) is 10.5. The van der Waals surface area contributed by atoms with Gasteiger partial charge in [0.15, 0.2) is 0 Å². The number of nitro groups is 1. The molecule has 8 nitrogen and oxygen atoms in total. The fourth-order valence-electron chi connectivity index (χ4n) is 3.10. The van der Waals surface area contributed by atoms with Crippen LogP contribution in [0.1, 0.15) is 18.4 Å². The van der Waals surface area contributed by atoms with Gasteiger partial charge in [-0.05, 0) is 56.6 Å². The molecule has 1 fully saturated rings. The number of hydrogen-bond acceptors (Lipinski definition) is 6. The van der Waals surface area contributed by atoms with Crippen LogP contribution in [-0.2, 0) is 10.0 Å². The number of piperidine rings is 1. The summed E-state index contributed by atoms with van der Waals surface area (Å²) in [6, 6.07) is 10.4. The third-order valence-electron chi connectivity index (χ3n) is 4.75. The van der Waals surface area contributed by atoms with Crippen LogP contribution < -0.4 is 9.46 Å². The summed E-state index contributed by atoms with van der Waals surface area (Å²) in [5, 5.41) is 10.9. The molecule has 9 heteroatoms. The zero-order valence-electron chi connectivity index (χ0n) is 15.8. The highest BCUT2D eigenvalue weighted by atomic mass is 32.2. The Morgan fingerprint density at radius 3 is 2.39 bits per heavy atom. The Morgan fingerprint density at radius 2 is 1.79 bits per heavy atom. The first-order valence-electron chi connectivity index (χ1n) is 8.98. The van der Waals surface area contributed by atoms with Crippen molar-refractivity contribution in [3.63, 3.8) is 0 Å². The predicted octanol–water partition coefficient (Wildman–Crippen LogP) is 3.18. The normalized spacial score (nSPS) is 15.9. The Kier molecular flexibility index (Phi) is 5.85. The second-order valence-corrected chi connectivity index (χ2v) is 8.61. The van der Waals surface area contributed by atoms with Gasteiger partial charge in [0.2, 0.25) is 0 Å². The average molecular weight is 405 g/mol. The molecule has 1 aliphatic heterocycles. The molecule has 0 bridgehead atoms. The molecule has 0 radical (unpaired) electrons. The largest absolute Gasteiger partial charge is 0.490 e. The van der Waals surface area contributed by atoms with Gasteiger partial charge in [0, 0.05) is 30.9 Å². The summed E-state index contributed by atoms with van der Waals surface area (Å²) in [5.74, 6) is 0.684. The number of likely N-dealkylation sites (tertiary alicyclic amines) is 1. The highest BCUT2D eigenvalue weighted by Crippen LogP contribution is 2.26. The standard InChI is InChI=1S/C19H23N3O5S/c1-14-3-6-16(22(23)24)13-19(14)28(25,26)20-15-4-7-17(8-5-15)27-18-9-11-21(2)12-10-18/h3-8,13,18,20H,9-12H2,1-2H3. The van der Waals surface area contributed by atoms with Crippen LogP contribution in [0.2, 0.25) is 0 Å². The van der Waals surface area contributed by atoms with Crippen molar-refractivity contribution in [3.8, 4) is 5.75 Å². The highest BCUT2D eigenvalue weighted by Gasteiger charge is 2.21. The Labute approximate surface area is 164 Å². The Morgan fingerprint density at radius 1 is 1.14 bits per heavy atom. The number of ether oxygens (including phenoxy) is 1. The summed E-state index contributed by atoms with van der Waals surface area (Å²) in [4.78, 5) is 12.5. The molecular weight excluding hydrogens is 382 g/mol. The molecule has 2 aromatic rings. The fourth-order valence-corrected chi connectivity index (χ4v) is 4.42. The number of hydrogen-bond donors (Lipinski definition) is 1. The van der Waals surface area contributed by atoms with E-state index >= 15 is 0 Å². The number of benzene rings is 2. The number of anilines is 1. The molecule has 0 spiro atoms. The number of nitrogens with one attached hydrogen (secondary N) is 1. The molecular formula is C19H23N3O5S. The lowest BCUT2D eigenvalue weighted by Gasteiger charge is -2.29. The first-order chi connectivity index (χ1) is 13.2. The molecule has 0 atom stereocenters. The van der Waals surface area contributed by atoms with Crippen LogP contribution in [-0.4, -0.2) is 44.5 Å². The van der Waals surface area contributed by atoms with E-state index in [0.717, 1.165) is 32.0 Å². The van der Waals surface area contributed by atoms with Gasteiger partial charge >= 0.3 is 0 Å². The Balaban J connectivity index is 1.71. The van der Waals surface area contributed by atoms with Crippen LogP contribution in [0, 0.1) is 17.0 Å². The van der Waals surface area contributed by atoms with Crippen LogP contribution >= 0.6 is 0 Å². The SMILES string of the molecule is Cc1ccc([N+](=O)[O-])cc1S(=O)(=O)Nc1ccc(OC2CCN(C)CC2)cc1. The van der Waals surface area contributed by atoms with Gasteiger partial charge < -0.3 is 9.64 Å². The molecule has 3 rings (SSSR count). The number of sulfonamides is 1. The van der Waals surface area contributed by atoms with Gasteiger partial charge in [-0.2, -0.15) is 0 Å². The zero-order chi connectivity index (χ0) is 20.3. The molecule has 0 saturated carbocycles. The van der Waals surface area contributed by atoms with Crippen LogP contribution in [0.3, 0.4) is 0 Å². The molecule has 1 heterocycles. The van der Waals surface area contributed by atoms with Gasteiger partial charge in [0.05, 0.1) is 9.82 Å². The van der Waals surface area contributed by atoms with Gasteiger partial charge in [-0.3, -0.25) is 14.8 Å². The van der Waals surface area contributed by atoms with Crippen molar-refractivity contribution in [1.82, 2.24) is 4.90 Å². The molecule has 2 aromatic carbocycles. The molecule has 0 aliphatic carbocycles. The molecule has 1 N–H and O–H groups in total. The summed E-state index contributed by atoms with van der Waals surface area (Å²) in [7, 11) is -1.86. The summed E-state index contributed by atoms with van der Waals surface area (Å²) in [6.07, 6.45) is 2.07. The number of nitro benzene ring substituents is 1. The van der Waals surface area contributed by atoms with E-state index in [1.54, 1.807) is 31.2 Å². The molecule has 1 aliphatic rings. The quantitative estimate of drug-likeness (QED) is 0.585. The van der Waals surface area contributed by atoms with Crippen molar-refractivity contribution in [2.75, 3.05) is 24.9 Å². The maximum absolute atomic E-state index is 12.7. The van der Waals surface area contributed by atoms with E-state index in [1.807, 2.05) is 0 Å². The lowest BCUT2D eigenvalue weighted by molar-refractivity contribution is -0.385. The van der Waals surface area contributed by atoms with Crippen molar-refractivity contribution in [1.29, 1.82) is 0 Å². The fraction of sp³-hybridized carbons (Fsp3) is 0.368. The van der Waals surface area contributed by atoms with E-state index in [1.165, 1.54) is 12.1 Å². The van der Waals surface area contributed by atoms with E-state index in [-0.39, 0.29) is 16.7 Å². The first kappa shape index (κ1) is 20.1. The molecule has 0 amide bonds. The lowest BCUT2D eigenvalue weighted by Crippen LogP contribution is -2.35. The summed E-state index contributed by atoms with van der Waals surface area (Å²) >= 11 is 0. The number of rotatable bonds is 6. The number of aryl methyl sites for hydroxylation is 1. The van der Waals surface area contributed by atoms with Crippen LogP contribution in [0.15, 0.2) is 47.4 Å². The summed E-state index contributed by atoms with van der Waals surface area (Å²) in [6.45, 7) is 3.58. The van der Waals surface area contributed by atoms with Crippen molar-refractivity contribution < 1.29 is 18.1 Å². The maximum Gasteiger partial charge on any atom is 0.270 e. The van der Waals surface area contributed by atoms with Crippen molar-refractivity contribution >= 4 is 21.4 Å². The smallest absolute Gasteiger partial charge is 0.270 e. The van der Waals surface area contributed by atoms with Crippen molar-refractivity contribution in [3.05, 3.63) is 58.1 Å². The second kappa shape index (κ2) is 8.15. The molecule has 150 valence electrons. The third kappa shape index (κ3) is 4.79. The summed E-state index contributed by atoms with van der Waals surface area (Å²) < 4.78 is 33.7. The van der Waals surface area contributed by atoms with Crippen LogP contribution in [0.4, 0.5) is 11.4 Å². The third-order valence-corrected chi connectivity index (χ3v) is 6.27. The van der Waals surface area contributed by atoms with Gasteiger partial charge in [0.1, 0.15) is 11.9 Å². The monoisotopic (exact) mass is 405 g/mol. The van der Waals surface area contributed by atoms with E-state index in [9.17, 15) is 18.5 Å². The second-order valence-electron chi connectivity index (χ2n) is 6.96. The number of nitrogens with zero attached hydrogens (tertiary/aromatic N) is 2. The lowest BCUT2D eigenvalue weighted by atomic mass is 10.1. The summed E-state index contributed by atoms with van der Waals surface area (Å²) in [5.41, 5.74) is 0.523. The minimum atomic E-state index is -3.95. The van der Waals surface area contributed by atoms with Crippen LogP contribution in [0.5, 0.6) is 5.75 Å². The number of non-ortho nitro benzene ring substituents is 1. The van der Waals surface area contributed by atoms with E-state index < -0.39 is 14.9 Å². The zero-order valence-corrected chi connectivity index (χ0v) is 16.6. The molecule has 0 aromatic heterocycles. The van der Waals surface area contributed by atoms with Gasteiger partial charge in [-0.15, -0.1) is 0 Å². The maximum atomic E-state index is 12.7. The Bertz CT molecular complexity index is 952. The minimum Gasteiger partial charge on any atom is -0.490 e. The predicted molar refractivity (Wildman–Crippen MR) is 106 cm³/mol. The topological polar surface area (TPSA) is 102 Å². The van der Waals surface area contributed by atoms with E-state index in [0.29, 0.717) is 17.0 Å². The molecule has 0 unspecified atom stereocenters. The Hall–Kier alpha value is -2.65. The minimum absolute atomic E-state index is 0.117. The van der Waals surface area contributed by atoms with E-state index in [2.05, 4.69) is 16.7 Å². The van der Waals surface area contributed by atoms with Gasteiger partial charge in [-0.25, -0.2) is 8.42 Å². The van der Waals surface area contributed by atoms with Crippen molar-refractivity contribution in [2.24, 2.45) is 0 Å². The molecule has 28 heavy (non-hydrogen) atoms. The van der Waals surface area contributed by atoms with Crippen molar-refractivity contribution in [2.45, 2.75) is 30.8 Å². The van der Waals surface area contributed by atoms with Gasteiger partial charge in [-0.1, -0.05) is 6.07 Å². The van der Waals surface area contributed by atoms with Crippen LogP contribution in [0.25, 0.3) is 0 Å².